The monoisotopic (exact) mass is 652 g/mol. The van der Waals surface area contributed by atoms with Gasteiger partial charge >= 0.3 is 14.4 Å². The van der Waals surface area contributed by atoms with E-state index in [0.29, 0.717) is 29.2 Å². The van der Waals surface area contributed by atoms with Crippen molar-refractivity contribution in [2.45, 2.75) is 65.8 Å². The summed E-state index contributed by atoms with van der Waals surface area (Å²) in [7, 11) is 3.17. The largest absolute Gasteiger partial charge is 0.496 e. The van der Waals surface area contributed by atoms with Gasteiger partial charge in [0.25, 0.3) is 5.91 Å². The summed E-state index contributed by atoms with van der Waals surface area (Å²) < 4.78 is 22.3. The first-order chi connectivity index (χ1) is 22.1. The zero-order valence-corrected chi connectivity index (χ0v) is 30.0. The highest BCUT2D eigenvalue weighted by molar-refractivity contribution is 7.53. The van der Waals surface area contributed by atoms with E-state index in [4.69, 9.17) is 14.0 Å². The molecule has 8 heteroatoms. The molecular weight excluding hydrogens is 607 g/mol. The molecule has 246 valence electrons. The van der Waals surface area contributed by atoms with E-state index in [2.05, 4.69) is 59.7 Å². The summed E-state index contributed by atoms with van der Waals surface area (Å²) in [6.45, 7) is 15.2. The number of rotatable bonds is 7. The van der Waals surface area contributed by atoms with Gasteiger partial charge in [-0.25, -0.2) is 4.79 Å². The molecular formula is C39H45N2O5P. The zero-order chi connectivity index (χ0) is 34.3. The van der Waals surface area contributed by atoms with Crippen molar-refractivity contribution in [3.8, 4) is 22.6 Å². The summed E-state index contributed by atoms with van der Waals surface area (Å²) in [5.41, 5.74) is 6.69. The number of benzene rings is 4. The molecule has 0 saturated heterocycles. The number of ether oxygens (including phenoxy) is 2. The molecule has 1 heterocycles. The Morgan fingerprint density at radius 3 is 1.94 bits per heavy atom. The number of aryl methyl sites for hydroxylation is 1. The highest BCUT2D eigenvalue weighted by Crippen LogP contribution is 2.56. The Labute approximate surface area is 280 Å². The van der Waals surface area contributed by atoms with Crippen LogP contribution in [0.15, 0.2) is 78.9 Å². The molecule has 0 N–H and O–H groups in total. The lowest BCUT2D eigenvalue weighted by Crippen LogP contribution is -2.38. The Morgan fingerprint density at radius 2 is 1.34 bits per heavy atom. The second-order valence-corrected chi connectivity index (χ2v) is 15.8. The minimum atomic E-state index is -1.80. The van der Waals surface area contributed by atoms with Gasteiger partial charge in [-0.1, -0.05) is 90.1 Å². The predicted octanol–water partition coefficient (Wildman–Crippen LogP) is 9.45. The average molecular weight is 653 g/mol. The third kappa shape index (κ3) is 6.73. The smallest absolute Gasteiger partial charge is 0.341 e. The van der Waals surface area contributed by atoms with Crippen molar-refractivity contribution >= 4 is 26.0 Å². The molecule has 0 radical (unpaired) electrons. The molecule has 1 atom stereocenters. The van der Waals surface area contributed by atoms with E-state index in [-0.39, 0.29) is 22.3 Å². The number of para-hydroxylation sites is 1. The molecule has 1 amide bonds. The number of carbonyl (C=O) groups is 2. The third-order valence-electron chi connectivity index (χ3n) is 8.52. The van der Waals surface area contributed by atoms with E-state index in [9.17, 15) is 9.59 Å². The summed E-state index contributed by atoms with van der Waals surface area (Å²) in [6, 6.07) is 25.6. The van der Waals surface area contributed by atoms with Gasteiger partial charge < -0.3 is 18.7 Å². The first-order valence-corrected chi connectivity index (χ1v) is 16.9. The van der Waals surface area contributed by atoms with Crippen LogP contribution in [0.1, 0.15) is 84.5 Å². The molecule has 47 heavy (non-hydrogen) atoms. The van der Waals surface area contributed by atoms with Crippen LogP contribution in [0.25, 0.3) is 11.1 Å². The molecule has 1 unspecified atom stereocenters. The number of esters is 1. The molecule has 0 fully saturated rings. The molecule has 4 aromatic rings. The normalized spacial score (nSPS) is 14.9. The van der Waals surface area contributed by atoms with Crippen molar-refractivity contribution in [3.05, 3.63) is 112 Å². The van der Waals surface area contributed by atoms with Crippen LogP contribution in [0.3, 0.4) is 0 Å². The molecule has 0 bridgehead atoms. The first kappa shape index (κ1) is 34.0. The van der Waals surface area contributed by atoms with Crippen molar-refractivity contribution in [3.63, 3.8) is 0 Å². The Kier molecular flexibility index (Phi) is 9.43. The second-order valence-electron chi connectivity index (χ2n) is 14.0. The van der Waals surface area contributed by atoms with E-state index >= 15 is 0 Å². The number of fused-ring (bicyclic) bond motifs is 1. The third-order valence-corrected chi connectivity index (χ3v) is 10.3. The van der Waals surface area contributed by atoms with Gasteiger partial charge in [0.15, 0.2) is 0 Å². The molecule has 5 rings (SSSR count). The maximum Gasteiger partial charge on any atom is 0.341 e. The Hall–Kier alpha value is -4.35. The average Bonchev–Trinajstić information content (AvgIpc) is 3.03. The lowest BCUT2D eigenvalue weighted by atomic mass is 9.81. The highest BCUT2D eigenvalue weighted by Gasteiger charge is 2.41. The van der Waals surface area contributed by atoms with Crippen LogP contribution in [0, 0.1) is 6.92 Å². The predicted molar refractivity (Wildman–Crippen MR) is 191 cm³/mol. The maximum atomic E-state index is 14.2. The topological polar surface area (TPSA) is 68.3 Å². The van der Waals surface area contributed by atoms with Gasteiger partial charge in [0.2, 0.25) is 0 Å². The first-order valence-electron chi connectivity index (χ1n) is 15.8. The van der Waals surface area contributed by atoms with Crippen molar-refractivity contribution in [1.29, 1.82) is 0 Å². The Bertz CT molecular complexity index is 1810. The van der Waals surface area contributed by atoms with Gasteiger partial charge in [-0.3, -0.25) is 9.46 Å². The molecule has 0 aromatic heterocycles. The minimum absolute atomic E-state index is 0.135. The van der Waals surface area contributed by atoms with Crippen molar-refractivity contribution in [2.75, 3.05) is 25.9 Å². The molecule has 7 nitrogen and oxygen atoms in total. The standard InChI is InChI=1S/C39H45N2O5P/c1-25-20-27(38(2,3)4)21-30(34(25)44-9)31-22-28(39(5,6)7)23-32(37(43)45-10)35(31)46-47-40(8)33-19-15-14-18-29(33)36(42)41(47)24-26-16-12-11-13-17-26/h11-23H,24H2,1-10H3. The van der Waals surface area contributed by atoms with Gasteiger partial charge in [0, 0.05) is 18.2 Å². The molecule has 0 spiro atoms. The van der Waals surface area contributed by atoms with E-state index in [1.807, 2.05) is 79.3 Å². The van der Waals surface area contributed by atoms with E-state index in [0.717, 1.165) is 33.5 Å². The fourth-order valence-corrected chi connectivity index (χ4v) is 7.60. The number of carbonyl (C=O) groups excluding carboxylic acids is 2. The molecule has 0 saturated carbocycles. The fraction of sp³-hybridized carbons (Fsp3) is 0.333. The van der Waals surface area contributed by atoms with Gasteiger partial charge in [0.1, 0.15) is 17.1 Å². The van der Waals surface area contributed by atoms with Crippen LogP contribution < -0.4 is 13.9 Å². The number of nitrogens with zero attached hydrogens (tertiary/aromatic N) is 2. The van der Waals surface area contributed by atoms with E-state index in [1.54, 1.807) is 11.8 Å². The minimum Gasteiger partial charge on any atom is -0.496 e. The lowest BCUT2D eigenvalue weighted by Gasteiger charge is -2.41. The van der Waals surface area contributed by atoms with Crippen LogP contribution in [0.5, 0.6) is 11.5 Å². The molecule has 1 aliphatic rings. The number of anilines is 1. The van der Waals surface area contributed by atoms with Crippen LogP contribution in [-0.2, 0) is 22.1 Å². The number of methoxy groups -OCH3 is 2. The van der Waals surface area contributed by atoms with Crippen LogP contribution in [-0.4, -0.2) is 37.8 Å². The molecule has 0 aliphatic carbocycles. The Balaban J connectivity index is 1.81. The van der Waals surface area contributed by atoms with Crippen molar-refractivity contribution < 1.29 is 23.6 Å². The number of hydrogen-bond donors (Lipinski definition) is 0. The summed E-state index contributed by atoms with van der Waals surface area (Å²) >= 11 is 0. The van der Waals surface area contributed by atoms with Gasteiger partial charge in [-0.2, -0.15) is 0 Å². The van der Waals surface area contributed by atoms with E-state index < -0.39 is 14.4 Å². The SMILES string of the molecule is COC(=O)c1cc(C(C)(C)C)cc(-c2cc(C(C)(C)C)cc(C)c2OC)c1OP1N(Cc2ccccc2)C(=O)c2ccccc2N1C. The lowest BCUT2D eigenvalue weighted by molar-refractivity contribution is 0.0598. The molecule has 1 aliphatic heterocycles. The second kappa shape index (κ2) is 13.0. The zero-order valence-electron chi connectivity index (χ0n) is 29.1. The number of amides is 1. The number of hydrogen-bond acceptors (Lipinski definition) is 6. The van der Waals surface area contributed by atoms with Crippen LogP contribution in [0.4, 0.5) is 5.69 Å². The summed E-state index contributed by atoms with van der Waals surface area (Å²) in [6.07, 6.45) is 0. The van der Waals surface area contributed by atoms with Crippen molar-refractivity contribution in [1.82, 2.24) is 4.67 Å². The van der Waals surface area contributed by atoms with Gasteiger partial charge in [0.05, 0.1) is 32.0 Å². The highest BCUT2D eigenvalue weighted by atomic mass is 31.2. The van der Waals surface area contributed by atoms with Crippen LogP contribution >= 0.6 is 8.45 Å². The summed E-state index contributed by atoms with van der Waals surface area (Å²) in [5.74, 6) is 0.379. The van der Waals surface area contributed by atoms with Gasteiger partial charge in [-0.15, -0.1) is 0 Å². The van der Waals surface area contributed by atoms with Gasteiger partial charge in [-0.05, 0) is 70.3 Å². The quantitative estimate of drug-likeness (QED) is 0.146. The fourth-order valence-electron chi connectivity index (χ4n) is 5.79. The molecule has 4 aromatic carbocycles. The van der Waals surface area contributed by atoms with Crippen molar-refractivity contribution in [2.24, 2.45) is 0 Å². The summed E-state index contributed by atoms with van der Waals surface area (Å²) in [5, 5.41) is 0. The Morgan fingerprint density at radius 1 is 0.766 bits per heavy atom. The maximum absolute atomic E-state index is 14.2. The van der Waals surface area contributed by atoms with Crippen LogP contribution in [0.2, 0.25) is 0 Å². The summed E-state index contributed by atoms with van der Waals surface area (Å²) in [4.78, 5) is 27.9. The van der Waals surface area contributed by atoms with E-state index in [1.165, 1.54) is 7.11 Å².